The Balaban J connectivity index is 1.97. The summed E-state index contributed by atoms with van der Waals surface area (Å²) < 4.78 is 4.77. The molecule has 3 amide bonds. The number of rotatable bonds is 12. The number of carbonyl (C=O) groups is 3. The molecule has 0 fully saturated rings. The highest BCUT2D eigenvalue weighted by Crippen LogP contribution is 2.26. The van der Waals surface area contributed by atoms with E-state index in [1.807, 2.05) is 93.6 Å². The Hall–Kier alpha value is -4.44. The van der Waals surface area contributed by atoms with Gasteiger partial charge in [0.05, 0.1) is 24.9 Å². The minimum atomic E-state index is -1.15. The van der Waals surface area contributed by atoms with Crippen LogP contribution in [-0.4, -0.2) is 75.1 Å². The van der Waals surface area contributed by atoms with Gasteiger partial charge in [0.25, 0.3) is 0 Å². The van der Waals surface area contributed by atoms with Crippen molar-refractivity contribution in [1.82, 2.24) is 20.5 Å². The van der Waals surface area contributed by atoms with Gasteiger partial charge < -0.3 is 25.6 Å². The van der Waals surface area contributed by atoms with E-state index in [9.17, 15) is 24.6 Å². The third-order valence-electron chi connectivity index (χ3n) is 7.84. The van der Waals surface area contributed by atoms with Gasteiger partial charge in [-0.3, -0.25) is 14.7 Å². The Morgan fingerprint density at radius 1 is 0.848 bits per heavy atom. The second kappa shape index (κ2) is 15.7. The smallest absolute Gasteiger partial charge is 0.408 e. The maximum absolute atomic E-state index is 13.7. The number of carboxylic acid groups (broad SMARTS) is 1. The molecule has 0 saturated carbocycles. The number of hydrogen-bond acceptors (Lipinski definition) is 6. The summed E-state index contributed by atoms with van der Waals surface area (Å²) in [5.74, 6) is -0.439. The number of carbonyl (C=O) groups excluding carboxylic acids is 2. The van der Waals surface area contributed by atoms with Crippen LogP contribution in [0.1, 0.15) is 59.1 Å². The van der Waals surface area contributed by atoms with Crippen molar-refractivity contribution in [2.45, 2.75) is 90.6 Å². The Morgan fingerprint density at radius 2 is 1.46 bits per heavy atom. The number of aliphatic hydroxyl groups is 1. The highest BCUT2D eigenvalue weighted by molar-refractivity contribution is 5.86. The van der Waals surface area contributed by atoms with Crippen LogP contribution in [0.5, 0.6) is 0 Å². The number of benzene rings is 2. The molecule has 4 N–H and O–H groups in total. The molecular weight excluding hydrogens is 584 g/mol. The predicted octanol–water partition coefficient (Wildman–Crippen LogP) is 5.69. The molecule has 46 heavy (non-hydrogen) atoms. The number of nitrogens with one attached hydrogen (secondary N) is 2. The van der Waals surface area contributed by atoms with Crippen molar-refractivity contribution >= 4 is 18.1 Å². The van der Waals surface area contributed by atoms with Crippen molar-refractivity contribution in [3.05, 3.63) is 90.1 Å². The fraction of sp³-hybridized carbons (Fsp3) is 0.444. The Bertz CT molecular complexity index is 1420. The standard InChI is InChI=1S/C36H48N4O6/c1-35(2,3)31(39-33(43)46-7)32(42)38-27(21-25-16-18-26(19-17-25)28-15-11-12-20-37-28)23-30(41)29(22-24-13-9-8-10-14-24)40(34(44)45)36(4,5)6/h8-20,27,29-31,41H,21-23H2,1-7H3,(H,38,42)(H,39,43)(H,44,45)/t27-,29-,30+,31+/m0/s1. The highest BCUT2D eigenvalue weighted by Gasteiger charge is 2.39. The number of hydrogen-bond donors (Lipinski definition) is 4. The fourth-order valence-corrected chi connectivity index (χ4v) is 5.59. The van der Waals surface area contributed by atoms with Crippen LogP contribution in [0.15, 0.2) is 79.0 Å². The zero-order valence-electron chi connectivity index (χ0n) is 27.9. The van der Waals surface area contributed by atoms with Gasteiger partial charge in [-0.1, -0.05) is 81.4 Å². The molecule has 10 heteroatoms. The van der Waals surface area contributed by atoms with Crippen LogP contribution in [0.2, 0.25) is 0 Å². The first-order valence-electron chi connectivity index (χ1n) is 15.5. The number of pyridine rings is 1. The number of aliphatic hydroxyl groups excluding tert-OH is 1. The number of amides is 3. The van der Waals surface area contributed by atoms with Crippen LogP contribution >= 0.6 is 0 Å². The van der Waals surface area contributed by atoms with Gasteiger partial charge in [0.2, 0.25) is 5.91 Å². The van der Waals surface area contributed by atoms with Crippen molar-refractivity contribution in [3.8, 4) is 11.3 Å². The summed E-state index contributed by atoms with van der Waals surface area (Å²) >= 11 is 0. The molecule has 0 saturated heterocycles. The molecule has 1 aromatic heterocycles. The lowest BCUT2D eigenvalue weighted by molar-refractivity contribution is -0.126. The Kier molecular flexibility index (Phi) is 12.3. The van der Waals surface area contributed by atoms with E-state index in [0.29, 0.717) is 6.42 Å². The number of ether oxygens (including phenoxy) is 1. The van der Waals surface area contributed by atoms with E-state index in [-0.39, 0.29) is 12.8 Å². The van der Waals surface area contributed by atoms with Crippen molar-refractivity contribution in [3.63, 3.8) is 0 Å². The van der Waals surface area contributed by atoms with Gasteiger partial charge in [-0.2, -0.15) is 0 Å². The first-order chi connectivity index (χ1) is 21.6. The summed E-state index contributed by atoms with van der Waals surface area (Å²) in [6.07, 6.45) is -0.611. The molecule has 0 aliphatic carbocycles. The number of alkyl carbamates (subject to hydrolysis) is 1. The van der Waals surface area contributed by atoms with Crippen LogP contribution in [-0.2, 0) is 22.4 Å². The van der Waals surface area contributed by atoms with Gasteiger partial charge >= 0.3 is 12.2 Å². The molecule has 0 radical (unpaired) electrons. The third-order valence-corrected chi connectivity index (χ3v) is 7.84. The summed E-state index contributed by atoms with van der Waals surface area (Å²) in [6.45, 7) is 10.9. The zero-order chi connectivity index (χ0) is 34.1. The maximum atomic E-state index is 13.7. The van der Waals surface area contributed by atoms with Gasteiger partial charge in [-0.25, -0.2) is 9.59 Å². The van der Waals surface area contributed by atoms with E-state index in [4.69, 9.17) is 4.74 Å². The van der Waals surface area contributed by atoms with E-state index < -0.39 is 53.3 Å². The summed E-state index contributed by atoms with van der Waals surface area (Å²) in [4.78, 5) is 44.2. The maximum Gasteiger partial charge on any atom is 0.408 e. The van der Waals surface area contributed by atoms with E-state index in [0.717, 1.165) is 22.4 Å². The van der Waals surface area contributed by atoms with E-state index >= 15 is 0 Å². The second-order valence-corrected chi connectivity index (χ2v) is 13.6. The molecule has 4 atom stereocenters. The average Bonchev–Trinajstić information content (AvgIpc) is 2.99. The quantitative estimate of drug-likeness (QED) is 0.201. The summed E-state index contributed by atoms with van der Waals surface area (Å²) in [5, 5.41) is 27.8. The van der Waals surface area contributed by atoms with Crippen molar-refractivity contribution in [2.75, 3.05) is 7.11 Å². The van der Waals surface area contributed by atoms with Crippen LogP contribution in [0.25, 0.3) is 11.3 Å². The first-order valence-corrected chi connectivity index (χ1v) is 15.5. The lowest BCUT2D eigenvalue weighted by Gasteiger charge is -2.42. The minimum absolute atomic E-state index is 0.0557. The average molecular weight is 633 g/mol. The monoisotopic (exact) mass is 632 g/mol. The fourth-order valence-electron chi connectivity index (χ4n) is 5.59. The van der Waals surface area contributed by atoms with E-state index in [1.165, 1.54) is 12.0 Å². The van der Waals surface area contributed by atoms with Gasteiger partial charge in [0.1, 0.15) is 6.04 Å². The molecule has 248 valence electrons. The van der Waals surface area contributed by atoms with Crippen LogP contribution in [0.3, 0.4) is 0 Å². The zero-order valence-corrected chi connectivity index (χ0v) is 27.9. The predicted molar refractivity (Wildman–Crippen MR) is 178 cm³/mol. The molecule has 10 nitrogen and oxygen atoms in total. The van der Waals surface area contributed by atoms with Crippen molar-refractivity contribution in [2.24, 2.45) is 5.41 Å². The lowest BCUT2D eigenvalue weighted by atomic mass is 9.85. The topological polar surface area (TPSA) is 141 Å². The number of methoxy groups -OCH3 is 1. The molecule has 0 spiro atoms. The van der Waals surface area contributed by atoms with Gasteiger partial charge in [-0.05, 0) is 68.7 Å². The molecule has 0 bridgehead atoms. The van der Waals surface area contributed by atoms with Crippen molar-refractivity contribution < 1.29 is 29.3 Å². The summed E-state index contributed by atoms with van der Waals surface area (Å²) in [5.41, 5.74) is 2.07. The molecule has 0 aliphatic heterocycles. The molecule has 2 aromatic carbocycles. The molecule has 0 aliphatic rings. The van der Waals surface area contributed by atoms with Crippen molar-refractivity contribution in [1.29, 1.82) is 0 Å². The minimum Gasteiger partial charge on any atom is -0.465 e. The normalized spacial score (nSPS) is 14.3. The summed E-state index contributed by atoms with van der Waals surface area (Å²) in [6, 6.07) is 20.6. The second-order valence-electron chi connectivity index (χ2n) is 13.6. The number of nitrogens with zero attached hydrogens (tertiary/aromatic N) is 2. The Morgan fingerprint density at radius 3 is 1.98 bits per heavy atom. The third kappa shape index (κ3) is 10.3. The molecule has 1 heterocycles. The molecule has 0 unspecified atom stereocenters. The van der Waals surface area contributed by atoms with Crippen LogP contribution in [0, 0.1) is 5.41 Å². The van der Waals surface area contributed by atoms with E-state index in [2.05, 4.69) is 15.6 Å². The Labute approximate surface area is 272 Å². The van der Waals surface area contributed by atoms with E-state index in [1.54, 1.807) is 27.0 Å². The lowest BCUT2D eigenvalue weighted by Crippen LogP contribution is -2.59. The highest BCUT2D eigenvalue weighted by atomic mass is 16.5. The SMILES string of the molecule is COC(=O)N[C@H](C(=O)N[C@@H](Cc1ccc(-c2ccccn2)cc1)C[C@@H](O)[C@H](Cc1ccccc1)N(C(=O)O)C(C)(C)C)C(C)(C)C. The summed E-state index contributed by atoms with van der Waals surface area (Å²) in [7, 11) is 1.23. The largest absolute Gasteiger partial charge is 0.465 e. The van der Waals surface area contributed by atoms with Gasteiger partial charge in [-0.15, -0.1) is 0 Å². The van der Waals surface area contributed by atoms with Crippen LogP contribution < -0.4 is 10.6 Å². The first kappa shape index (κ1) is 36.0. The number of aromatic nitrogens is 1. The molecule has 3 aromatic rings. The van der Waals surface area contributed by atoms with Gasteiger partial charge in [0, 0.05) is 23.3 Å². The molecular formula is C36H48N4O6. The van der Waals surface area contributed by atoms with Gasteiger partial charge in [0.15, 0.2) is 0 Å². The van der Waals surface area contributed by atoms with Crippen LogP contribution in [0.4, 0.5) is 9.59 Å². The molecule has 3 rings (SSSR count).